The maximum absolute atomic E-state index is 11.0. The number of carboxylic acids is 1. The lowest BCUT2D eigenvalue weighted by Crippen LogP contribution is -2.38. The van der Waals surface area contributed by atoms with E-state index in [2.05, 4.69) is 39.0 Å². The molecular formula is C15H18BrNO2. The molecule has 1 heterocycles. The third-order valence-electron chi connectivity index (χ3n) is 4.50. The summed E-state index contributed by atoms with van der Waals surface area (Å²) in [4.78, 5) is 13.5. The Balaban J connectivity index is 1.73. The molecule has 3 rings (SSSR count). The number of carboxylic acid groups (broad SMARTS) is 1. The summed E-state index contributed by atoms with van der Waals surface area (Å²) in [7, 11) is 0. The smallest absolute Gasteiger partial charge is 0.306 e. The van der Waals surface area contributed by atoms with Crippen molar-refractivity contribution in [2.75, 3.05) is 13.1 Å². The van der Waals surface area contributed by atoms with E-state index in [-0.39, 0.29) is 5.92 Å². The van der Waals surface area contributed by atoms with Crippen molar-refractivity contribution >= 4 is 21.9 Å². The van der Waals surface area contributed by atoms with Gasteiger partial charge < -0.3 is 5.11 Å². The van der Waals surface area contributed by atoms with E-state index in [1.165, 1.54) is 15.6 Å². The fourth-order valence-electron chi connectivity index (χ4n) is 3.43. The van der Waals surface area contributed by atoms with Crippen molar-refractivity contribution in [1.82, 2.24) is 4.90 Å². The minimum Gasteiger partial charge on any atom is -0.481 e. The Hall–Kier alpha value is -0.870. The van der Waals surface area contributed by atoms with E-state index < -0.39 is 5.97 Å². The van der Waals surface area contributed by atoms with Crippen LogP contribution in [0.4, 0.5) is 0 Å². The van der Waals surface area contributed by atoms with E-state index in [4.69, 9.17) is 5.11 Å². The van der Waals surface area contributed by atoms with Crippen LogP contribution in [0.25, 0.3) is 0 Å². The topological polar surface area (TPSA) is 40.5 Å². The molecule has 1 aliphatic heterocycles. The molecule has 102 valence electrons. The summed E-state index contributed by atoms with van der Waals surface area (Å²) in [5.41, 5.74) is 2.87. The van der Waals surface area contributed by atoms with Crippen LogP contribution >= 0.6 is 15.9 Å². The van der Waals surface area contributed by atoms with Gasteiger partial charge in [-0.05, 0) is 56.0 Å². The quantitative estimate of drug-likeness (QED) is 0.908. The Morgan fingerprint density at radius 3 is 2.68 bits per heavy atom. The van der Waals surface area contributed by atoms with Gasteiger partial charge in [0.05, 0.1) is 5.92 Å². The van der Waals surface area contributed by atoms with Crippen LogP contribution in [-0.4, -0.2) is 29.1 Å². The molecule has 2 aliphatic rings. The Bertz CT molecular complexity index is 495. The van der Waals surface area contributed by atoms with Crippen LogP contribution in [0.2, 0.25) is 0 Å². The molecule has 0 aromatic heterocycles. The second kappa shape index (κ2) is 5.25. The average molecular weight is 324 g/mol. The highest BCUT2D eigenvalue weighted by Crippen LogP contribution is 2.40. The van der Waals surface area contributed by atoms with Crippen LogP contribution in [0.3, 0.4) is 0 Å². The van der Waals surface area contributed by atoms with Crippen molar-refractivity contribution in [2.45, 2.75) is 31.7 Å². The van der Waals surface area contributed by atoms with Crippen molar-refractivity contribution in [1.29, 1.82) is 0 Å². The van der Waals surface area contributed by atoms with E-state index >= 15 is 0 Å². The Labute approximate surface area is 121 Å². The van der Waals surface area contributed by atoms with Gasteiger partial charge in [-0.2, -0.15) is 0 Å². The first-order valence-corrected chi connectivity index (χ1v) is 7.70. The molecule has 1 aliphatic carbocycles. The minimum absolute atomic E-state index is 0.139. The molecule has 19 heavy (non-hydrogen) atoms. The number of aliphatic carboxylic acids is 1. The minimum atomic E-state index is -0.630. The predicted octanol–water partition coefficient (Wildman–Crippen LogP) is 3.23. The van der Waals surface area contributed by atoms with Crippen LogP contribution in [-0.2, 0) is 11.2 Å². The van der Waals surface area contributed by atoms with Gasteiger partial charge in [0.2, 0.25) is 0 Å². The maximum Gasteiger partial charge on any atom is 0.306 e. The molecule has 0 radical (unpaired) electrons. The SMILES string of the molecule is O=C(O)C1CCN(C2CCc3c(Br)cccc32)CC1. The van der Waals surface area contributed by atoms with Crippen LogP contribution in [0, 0.1) is 5.92 Å². The van der Waals surface area contributed by atoms with Crippen LogP contribution < -0.4 is 0 Å². The number of benzene rings is 1. The van der Waals surface area contributed by atoms with Crippen LogP contribution in [0.15, 0.2) is 22.7 Å². The van der Waals surface area contributed by atoms with Crippen molar-refractivity contribution in [2.24, 2.45) is 5.92 Å². The fraction of sp³-hybridized carbons (Fsp3) is 0.533. The Morgan fingerprint density at radius 2 is 2.00 bits per heavy atom. The molecule has 1 aromatic carbocycles. The number of likely N-dealkylation sites (tertiary alicyclic amines) is 1. The Kier molecular flexibility index (Phi) is 3.63. The third kappa shape index (κ3) is 2.43. The number of hydrogen-bond donors (Lipinski definition) is 1. The molecule has 0 bridgehead atoms. The number of carbonyl (C=O) groups is 1. The van der Waals surface area contributed by atoms with Crippen molar-refractivity contribution in [3.63, 3.8) is 0 Å². The van der Waals surface area contributed by atoms with Gasteiger partial charge in [0.1, 0.15) is 0 Å². The van der Waals surface area contributed by atoms with E-state index in [1.54, 1.807) is 0 Å². The van der Waals surface area contributed by atoms with Gasteiger partial charge in [-0.25, -0.2) is 0 Å². The number of hydrogen-bond acceptors (Lipinski definition) is 2. The highest BCUT2D eigenvalue weighted by Gasteiger charge is 2.33. The normalized spacial score (nSPS) is 24.4. The number of fused-ring (bicyclic) bond motifs is 1. The van der Waals surface area contributed by atoms with Gasteiger partial charge in [-0.1, -0.05) is 28.1 Å². The van der Waals surface area contributed by atoms with E-state index in [9.17, 15) is 4.79 Å². The second-order valence-corrected chi connectivity index (χ2v) is 6.36. The molecule has 4 heteroatoms. The molecule has 1 atom stereocenters. The van der Waals surface area contributed by atoms with Gasteiger partial charge in [0.15, 0.2) is 0 Å². The van der Waals surface area contributed by atoms with Gasteiger partial charge >= 0.3 is 5.97 Å². The first-order chi connectivity index (χ1) is 9.16. The maximum atomic E-state index is 11.0. The van der Waals surface area contributed by atoms with E-state index in [0.717, 1.165) is 38.8 Å². The lowest BCUT2D eigenvalue weighted by molar-refractivity contribution is -0.143. The van der Waals surface area contributed by atoms with Crippen molar-refractivity contribution < 1.29 is 9.90 Å². The summed E-state index contributed by atoms with van der Waals surface area (Å²) in [6.07, 6.45) is 3.86. The molecule has 1 unspecified atom stereocenters. The molecule has 0 saturated carbocycles. The number of piperidine rings is 1. The van der Waals surface area contributed by atoms with Gasteiger partial charge in [0.25, 0.3) is 0 Å². The summed E-state index contributed by atoms with van der Waals surface area (Å²) in [5, 5.41) is 9.06. The van der Waals surface area contributed by atoms with E-state index in [1.807, 2.05) is 0 Å². The largest absolute Gasteiger partial charge is 0.481 e. The molecule has 0 amide bonds. The van der Waals surface area contributed by atoms with Crippen molar-refractivity contribution in [3.8, 4) is 0 Å². The Morgan fingerprint density at radius 1 is 1.26 bits per heavy atom. The molecule has 1 fully saturated rings. The zero-order chi connectivity index (χ0) is 13.4. The first-order valence-electron chi connectivity index (χ1n) is 6.91. The highest BCUT2D eigenvalue weighted by molar-refractivity contribution is 9.10. The first kappa shape index (κ1) is 13.1. The average Bonchev–Trinajstić information content (AvgIpc) is 2.84. The molecular weight excluding hydrogens is 306 g/mol. The zero-order valence-electron chi connectivity index (χ0n) is 10.8. The zero-order valence-corrected chi connectivity index (χ0v) is 12.4. The lowest BCUT2D eigenvalue weighted by Gasteiger charge is -2.35. The summed E-state index contributed by atoms with van der Waals surface area (Å²) in [6.45, 7) is 1.82. The number of rotatable bonds is 2. The lowest BCUT2D eigenvalue weighted by atomic mass is 9.95. The standard InChI is InChI=1S/C15H18BrNO2/c16-13-3-1-2-12-11(13)4-5-14(12)17-8-6-10(7-9-17)15(18)19/h1-3,10,14H,4-9H2,(H,18,19). The summed E-state index contributed by atoms with van der Waals surface area (Å²) >= 11 is 3.63. The third-order valence-corrected chi connectivity index (χ3v) is 5.24. The predicted molar refractivity (Wildman–Crippen MR) is 77.1 cm³/mol. The monoisotopic (exact) mass is 323 g/mol. The molecule has 0 spiro atoms. The molecule has 1 saturated heterocycles. The van der Waals surface area contributed by atoms with Crippen molar-refractivity contribution in [3.05, 3.63) is 33.8 Å². The molecule has 1 N–H and O–H groups in total. The fourth-order valence-corrected chi connectivity index (χ4v) is 4.00. The number of halogens is 1. The second-order valence-electron chi connectivity index (χ2n) is 5.51. The summed E-state index contributed by atoms with van der Waals surface area (Å²) < 4.78 is 1.22. The molecule has 1 aromatic rings. The van der Waals surface area contributed by atoms with Gasteiger partial charge in [0, 0.05) is 10.5 Å². The highest BCUT2D eigenvalue weighted by atomic mass is 79.9. The van der Waals surface area contributed by atoms with E-state index in [0.29, 0.717) is 6.04 Å². The summed E-state index contributed by atoms with van der Waals surface area (Å²) in [5.74, 6) is -0.770. The van der Waals surface area contributed by atoms with Gasteiger partial charge in [-0.15, -0.1) is 0 Å². The van der Waals surface area contributed by atoms with Crippen LogP contribution in [0.1, 0.15) is 36.4 Å². The molecule has 3 nitrogen and oxygen atoms in total. The summed E-state index contributed by atoms with van der Waals surface area (Å²) in [6, 6.07) is 6.92. The van der Waals surface area contributed by atoms with Gasteiger partial charge in [-0.3, -0.25) is 9.69 Å². The van der Waals surface area contributed by atoms with Crippen LogP contribution in [0.5, 0.6) is 0 Å². The number of nitrogens with zero attached hydrogens (tertiary/aromatic N) is 1.